The second-order valence-electron chi connectivity index (χ2n) is 7.30. The molecule has 1 aromatic heterocycles. The quantitative estimate of drug-likeness (QED) is 0.393. The monoisotopic (exact) mass is 447 g/mol. The molecule has 1 fully saturated rings. The van der Waals surface area contributed by atoms with E-state index in [1.807, 2.05) is 36.4 Å². The van der Waals surface area contributed by atoms with E-state index >= 15 is 0 Å². The second-order valence-corrected chi connectivity index (χ2v) is 9.29. The van der Waals surface area contributed by atoms with Gasteiger partial charge in [-0.15, -0.1) is 11.3 Å². The summed E-state index contributed by atoms with van der Waals surface area (Å²) in [5, 5.41) is 1.19. The zero-order valence-electron chi connectivity index (χ0n) is 15.7. The first kappa shape index (κ1) is 20.5. The maximum Gasteiger partial charge on any atom is 0.142 e. The fraction of sp³-hybridized carbons (Fsp3) is 0.261. The largest absolute Gasteiger partial charge is 0.301 e. The van der Waals surface area contributed by atoms with E-state index in [2.05, 4.69) is 4.90 Å². The number of hydrogen-bond donors (Lipinski definition) is 0. The van der Waals surface area contributed by atoms with Crippen LogP contribution in [0.15, 0.2) is 54.6 Å². The van der Waals surface area contributed by atoms with Gasteiger partial charge in [0.15, 0.2) is 0 Å². The molecule has 1 aliphatic heterocycles. The number of rotatable bonds is 5. The lowest BCUT2D eigenvalue weighted by atomic mass is 9.89. The Bertz CT molecular complexity index is 976. The summed E-state index contributed by atoms with van der Waals surface area (Å²) >= 11 is 13.8. The van der Waals surface area contributed by atoms with Crippen molar-refractivity contribution in [2.24, 2.45) is 0 Å². The summed E-state index contributed by atoms with van der Waals surface area (Å²) in [6, 6.07) is 16.0. The van der Waals surface area contributed by atoms with Crippen LogP contribution in [0, 0.1) is 5.82 Å². The van der Waals surface area contributed by atoms with Crippen LogP contribution in [-0.2, 0) is 4.79 Å². The highest BCUT2D eigenvalue weighted by molar-refractivity contribution is 7.15. The average molecular weight is 448 g/mol. The maximum atomic E-state index is 13.2. The minimum atomic E-state index is -0.252. The molecule has 1 aliphatic rings. The lowest BCUT2D eigenvalue weighted by Crippen LogP contribution is -2.36. The average Bonchev–Trinajstić information content (AvgIpc) is 3.19. The highest BCUT2D eigenvalue weighted by Crippen LogP contribution is 2.37. The van der Waals surface area contributed by atoms with Crippen molar-refractivity contribution < 1.29 is 9.18 Å². The number of likely N-dealkylation sites (tertiary alicyclic amines) is 1. The van der Waals surface area contributed by atoms with E-state index in [9.17, 15) is 9.18 Å². The smallest absolute Gasteiger partial charge is 0.142 e. The number of halogens is 3. The zero-order valence-corrected chi connectivity index (χ0v) is 18.0. The van der Waals surface area contributed by atoms with Crippen LogP contribution in [0.3, 0.4) is 0 Å². The molecule has 0 radical (unpaired) electrons. The van der Waals surface area contributed by atoms with E-state index in [1.165, 1.54) is 17.7 Å². The molecule has 6 heteroatoms. The molecule has 4 rings (SSSR count). The number of hydrogen-bond acceptors (Lipinski definition) is 3. The van der Waals surface area contributed by atoms with E-state index in [-0.39, 0.29) is 11.9 Å². The Balaban J connectivity index is 1.47. The third-order valence-electron chi connectivity index (χ3n) is 5.46. The number of piperidine rings is 1. The maximum absolute atomic E-state index is 13.2. The van der Waals surface area contributed by atoms with Crippen molar-refractivity contribution in [3.05, 3.63) is 80.9 Å². The van der Waals surface area contributed by atoms with E-state index < -0.39 is 0 Å². The molecule has 3 aromatic rings. The van der Waals surface area contributed by atoms with Gasteiger partial charge in [0.25, 0.3) is 0 Å². The van der Waals surface area contributed by atoms with Gasteiger partial charge in [0.05, 0.1) is 0 Å². The minimum Gasteiger partial charge on any atom is -0.301 e. The van der Waals surface area contributed by atoms with Crippen LogP contribution in [0.1, 0.15) is 35.2 Å². The predicted molar refractivity (Wildman–Crippen MR) is 119 cm³/mol. The van der Waals surface area contributed by atoms with Gasteiger partial charge in [-0.05, 0) is 85.4 Å². The lowest BCUT2D eigenvalue weighted by Gasteiger charge is -2.35. The van der Waals surface area contributed by atoms with Crippen LogP contribution in [0.25, 0.3) is 10.4 Å². The minimum absolute atomic E-state index is 0.207. The molecule has 29 heavy (non-hydrogen) atoms. The number of carbonyl (C=O) groups is 1. The molecule has 0 spiro atoms. The van der Waals surface area contributed by atoms with Crippen molar-refractivity contribution in [3.8, 4) is 10.4 Å². The van der Waals surface area contributed by atoms with Gasteiger partial charge in [0.1, 0.15) is 18.1 Å². The highest BCUT2D eigenvalue weighted by Gasteiger charge is 2.27. The third kappa shape index (κ3) is 4.72. The Kier molecular flexibility index (Phi) is 6.35. The van der Waals surface area contributed by atoms with Crippen molar-refractivity contribution in [2.45, 2.75) is 24.8 Å². The molecule has 2 nitrogen and oxygen atoms in total. The van der Waals surface area contributed by atoms with E-state index in [4.69, 9.17) is 23.2 Å². The molecule has 1 saturated heterocycles. The van der Waals surface area contributed by atoms with Gasteiger partial charge in [0.2, 0.25) is 0 Å². The molecular formula is C23H20Cl2FNOS. The van der Waals surface area contributed by atoms with Gasteiger partial charge in [-0.3, -0.25) is 4.90 Å². The first-order chi connectivity index (χ1) is 14.0. The molecule has 1 atom stereocenters. The molecule has 0 aliphatic carbocycles. The van der Waals surface area contributed by atoms with Gasteiger partial charge < -0.3 is 4.79 Å². The highest BCUT2D eigenvalue weighted by atomic mass is 35.5. The molecule has 2 heterocycles. The van der Waals surface area contributed by atoms with Crippen molar-refractivity contribution in [2.75, 3.05) is 13.1 Å². The van der Waals surface area contributed by atoms with E-state index in [1.54, 1.807) is 17.4 Å². The molecule has 150 valence electrons. The number of benzene rings is 2. The second kappa shape index (κ2) is 8.97. The summed E-state index contributed by atoms with van der Waals surface area (Å²) < 4.78 is 13.2. The van der Waals surface area contributed by atoms with Crippen molar-refractivity contribution in [1.29, 1.82) is 0 Å². The molecular weight excluding hydrogens is 428 g/mol. The number of thiophene rings is 1. The van der Waals surface area contributed by atoms with Gasteiger partial charge in [-0.2, -0.15) is 0 Å². The van der Waals surface area contributed by atoms with E-state index in [0.717, 1.165) is 47.5 Å². The Morgan fingerprint density at radius 2 is 1.66 bits per heavy atom. The van der Waals surface area contributed by atoms with Crippen molar-refractivity contribution in [3.63, 3.8) is 0 Å². The van der Waals surface area contributed by atoms with Crippen LogP contribution >= 0.6 is 34.5 Å². The number of nitrogens with zero attached hydrogens (tertiary/aromatic N) is 1. The zero-order chi connectivity index (χ0) is 20.4. The third-order valence-corrected chi connectivity index (χ3v) is 7.10. The summed E-state index contributed by atoms with van der Waals surface area (Å²) in [5.41, 5.74) is 2.13. The first-order valence-corrected chi connectivity index (χ1v) is 11.1. The summed E-state index contributed by atoms with van der Waals surface area (Å²) in [4.78, 5) is 16.2. The summed E-state index contributed by atoms with van der Waals surface area (Å²) in [6.07, 6.45) is 2.94. The fourth-order valence-corrected chi connectivity index (χ4v) is 5.56. The van der Waals surface area contributed by atoms with Gasteiger partial charge >= 0.3 is 0 Å². The van der Waals surface area contributed by atoms with Crippen LogP contribution in [-0.4, -0.2) is 24.3 Å². The van der Waals surface area contributed by atoms with Gasteiger partial charge in [-0.25, -0.2) is 4.39 Å². The van der Waals surface area contributed by atoms with Crippen LogP contribution in [0.2, 0.25) is 10.0 Å². The number of carbonyl (C=O) groups excluding carboxylic acids is 1. The lowest BCUT2D eigenvalue weighted by molar-refractivity contribution is -0.113. The van der Waals surface area contributed by atoms with Crippen LogP contribution < -0.4 is 0 Å². The summed E-state index contributed by atoms with van der Waals surface area (Å²) in [6.45, 7) is 1.67. The summed E-state index contributed by atoms with van der Waals surface area (Å²) in [5.74, 6) is 0.202. The van der Waals surface area contributed by atoms with Gasteiger partial charge in [-0.1, -0.05) is 35.3 Å². The molecule has 0 unspecified atom stereocenters. The van der Waals surface area contributed by atoms with Crippen molar-refractivity contribution in [1.82, 2.24) is 4.90 Å². The SMILES string of the molecule is O=C[C@@H](c1ccc(-c2cc(Cl)cc(Cl)c2)s1)N1CCC(c2ccc(F)cc2)CC1. The molecule has 0 bridgehead atoms. The van der Waals surface area contributed by atoms with Crippen LogP contribution in [0.4, 0.5) is 4.39 Å². The Morgan fingerprint density at radius 1 is 1.00 bits per heavy atom. The molecule has 0 amide bonds. The topological polar surface area (TPSA) is 20.3 Å². The van der Waals surface area contributed by atoms with E-state index in [0.29, 0.717) is 16.0 Å². The molecule has 0 N–H and O–H groups in total. The first-order valence-electron chi connectivity index (χ1n) is 9.54. The normalized spacial score (nSPS) is 16.7. The Hall–Kier alpha value is -1.72. The number of aldehydes is 1. The summed E-state index contributed by atoms with van der Waals surface area (Å²) in [7, 11) is 0. The van der Waals surface area contributed by atoms with Crippen molar-refractivity contribution >= 4 is 40.8 Å². The van der Waals surface area contributed by atoms with Gasteiger partial charge in [0, 0.05) is 19.8 Å². The fourth-order valence-electron chi connectivity index (χ4n) is 3.94. The molecule has 0 saturated carbocycles. The predicted octanol–water partition coefficient (Wildman–Crippen LogP) is 6.98. The Labute approximate surface area is 183 Å². The Morgan fingerprint density at radius 3 is 2.28 bits per heavy atom. The standard InChI is InChI=1S/C23H20Cl2FNOS/c24-18-11-17(12-19(25)13-18)22-5-6-23(29-22)21(14-28)27-9-7-16(8-10-27)15-1-3-20(26)4-2-15/h1-6,11-14,16,21H,7-10H2/t21-/m0/s1. The molecule has 2 aromatic carbocycles. The van der Waals surface area contributed by atoms with Crippen LogP contribution in [0.5, 0.6) is 0 Å².